The molecule has 26 heavy (non-hydrogen) atoms. The van der Waals surface area contributed by atoms with Gasteiger partial charge in [0.15, 0.2) is 5.69 Å². The monoisotopic (exact) mass is 371 g/mol. The molecule has 0 spiro atoms. The van der Waals surface area contributed by atoms with E-state index in [1.165, 1.54) is 13.0 Å². The van der Waals surface area contributed by atoms with Crippen molar-refractivity contribution in [2.24, 2.45) is 0 Å². The third kappa shape index (κ3) is 4.98. The van der Waals surface area contributed by atoms with Crippen molar-refractivity contribution < 1.29 is 31.9 Å². The molecule has 2 aromatic heterocycles. The molecule has 0 aliphatic carbocycles. The minimum Gasteiger partial charge on any atom is -0.466 e. The molecule has 1 N–H and O–H groups in total. The van der Waals surface area contributed by atoms with Gasteiger partial charge >= 0.3 is 12.1 Å². The highest BCUT2D eigenvalue weighted by Gasteiger charge is 2.36. The summed E-state index contributed by atoms with van der Waals surface area (Å²) < 4.78 is 57.6. The van der Waals surface area contributed by atoms with Crippen molar-refractivity contribution >= 4 is 17.6 Å². The van der Waals surface area contributed by atoms with Crippen LogP contribution in [0.4, 0.5) is 23.2 Å². The van der Waals surface area contributed by atoms with Crippen LogP contribution in [0, 0.1) is 5.82 Å². The number of carbonyl (C=O) groups is 2. The van der Waals surface area contributed by atoms with Gasteiger partial charge in [-0.3, -0.25) is 14.6 Å². The predicted octanol–water partition coefficient (Wildman–Crippen LogP) is 3.19. The highest BCUT2D eigenvalue weighted by atomic mass is 19.4. The number of alkyl halides is 3. The van der Waals surface area contributed by atoms with Crippen LogP contribution in [-0.2, 0) is 20.5 Å². The van der Waals surface area contributed by atoms with Crippen molar-refractivity contribution in [3.63, 3.8) is 0 Å². The Kier molecular flexibility index (Phi) is 5.86. The van der Waals surface area contributed by atoms with Crippen LogP contribution >= 0.6 is 0 Å². The Morgan fingerprint density at radius 1 is 1.23 bits per heavy atom. The number of pyridine rings is 2. The largest absolute Gasteiger partial charge is 0.466 e. The van der Waals surface area contributed by atoms with Crippen LogP contribution in [0.1, 0.15) is 19.0 Å². The summed E-state index contributed by atoms with van der Waals surface area (Å²) in [6, 6.07) is 3.12. The highest BCUT2D eigenvalue weighted by molar-refractivity contribution is 6.02. The number of nitrogens with one attached hydrogen (secondary N) is 1. The van der Waals surface area contributed by atoms with E-state index in [1.807, 2.05) is 5.32 Å². The molecule has 0 radical (unpaired) electrons. The van der Waals surface area contributed by atoms with Crippen LogP contribution in [0.2, 0.25) is 0 Å². The maximum absolute atomic E-state index is 13.3. The molecule has 0 unspecified atom stereocenters. The molecular formula is C16H13F4N3O3. The second-order valence-electron chi connectivity index (χ2n) is 5.01. The molecule has 0 bridgehead atoms. The maximum Gasteiger partial charge on any atom is 0.435 e. The fourth-order valence-corrected chi connectivity index (χ4v) is 2.03. The van der Waals surface area contributed by atoms with Gasteiger partial charge in [0, 0.05) is 11.8 Å². The molecule has 0 fully saturated rings. The number of amides is 1. The fourth-order valence-electron chi connectivity index (χ4n) is 2.03. The standard InChI is InChI=1S/C16H13F4N3O3/c1-2-26-14(25)6-13(24)22-12-4-3-11(23-15(12)16(18,19)20)9-5-10(17)8-21-7-9/h3-5,7-8H,2,6H2,1H3,(H,22,24). The predicted molar refractivity (Wildman–Crippen MR) is 82.3 cm³/mol. The Balaban J connectivity index is 2.32. The Hall–Kier alpha value is -3.04. The van der Waals surface area contributed by atoms with Gasteiger partial charge in [-0.15, -0.1) is 0 Å². The molecule has 2 aromatic rings. The summed E-state index contributed by atoms with van der Waals surface area (Å²) >= 11 is 0. The molecule has 0 saturated heterocycles. The quantitative estimate of drug-likeness (QED) is 0.496. The zero-order valence-electron chi connectivity index (χ0n) is 13.4. The maximum atomic E-state index is 13.3. The molecule has 0 aliphatic rings. The highest BCUT2D eigenvalue weighted by Crippen LogP contribution is 2.35. The Bertz CT molecular complexity index is 825. The molecule has 0 aliphatic heterocycles. The first-order valence-electron chi connectivity index (χ1n) is 7.35. The zero-order chi connectivity index (χ0) is 19.3. The van der Waals surface area contributed by atoms with Gasteiger partial charge in [-0.25, -0.2) is 9.37 Å². The van der Waals surface area contributed by atoms with E-state index in [9.17, 15) is 27.2 Å². The van der Waals surface area contributed by atoms with Gasteiger partial charge in [-0.1, -0.05) is 0 Å². The summed E-state index contributed by atoms with van der Waals surface area (Å²) in [6.45, 7) is 1.57. The lowest BCUT2D eigenvalue weighted by atomic mass is 10.1. The third-order valence-electron chi connectivity index (χ3n) is 3.05. The number of ether oxygens (including phenoxy) is 1. The van der Waals surface area contributed by atoms with Crippen LogP contribution in [0.5, 0.6) is 0 Å². The topological polar surface area (TPSA) is 81.2 Å². The molecule has 0 aromatic carbocycles. The van der Waals surface area contributed by atoms with E-state index in [0.29, 0.717) is 0 Å². The summed E-state index contributed by atoms with van der Waals surface area (Å²) in [5, 5.41) is 1.98. The first-order valence-corrected chi connectivity index (χ1v) is 7.35. The van der Waals surface area contributed by atoms with Gasteiger partial charge in [0.1, 0.15) is 12.2 Å². The first-order chi connectivity index (χ1) is 12.2. The molecule has 0 atom stereocenters. The van der Waals surface area contributed by atoms with Gasteiger partial charge in [0.2, 0.25) is 5.91 Å². The Morgan fingerprint density at radius 2 is 1.96 bits per heavy atom. The van der Waals surface area contributed by atoms with Gasteiger partial charge in [-0.2, -0.15) is 13.2 Å². The van der Waals surface area contributed by atoms with Crippen molar-refractivity contribution in [1.82, 2.24) is 9.97 Å². The molecule has 0 saturated carbocycles. The molecule has 10 heteroatoms. The van der Waals surface area contributed by atoms with Crippen LogP contribution in [-0.4, -0.2) is 28.5 Å². The molecule has 138 valence electrons. The summed E-state index contributed by atoms with van der Waals surface area (Å²) in [5.74, 6) is -2.57. The minimum absolute atomic E-state index is 0.0395. The van der Waals surface area contributed by atoms with Crippen molar-refractivity contribution in [2.75, 3.05) is 11.9 Å². The number of aromatic nitrogens is 2. The lowest BCUT2D eigenvalue weighted by Crippen LogP contribution is -2.21. The van der Waals surface area contributed by atoms with Crippen molar-refractivity contribution in [3.8, 4) is 11.3 Å². The summed E-state index contributed by atoms with van der Waals surface area (Å²) in [4.78, 5) is 30.0. The van der Waals surface area contributed by atoms with E-state index in [-0.39, 0.29) is 17.9 Å². The number of esters is 1. The van der Waals surface area contributed by atoms with E-state index in [4.69, 9.17) is 0 Å². The van der Waals surface area contributed by atoms with Crippen molar-refractivity contribution in [1.29, 1.82) is 0 Å². The SMILES string of the molecule is CCOC(=O)CC(=O)Nc1ccc(-c2cncc(F)c2)nc1C(F)(F)F. The summed E-state index contributed by atoms with van der Waals surface area (Å²) in [7, 11) is 0. The van der Waals surface area contributed by atoms with Gasteiger partial charge in [0.05, 0.1) is 24.2 Å². The van der Waals surface area contributed by atoms with Crippen LogP contribution in [0.15, 0.2) is 30.6 Å². The molecule has 1 amide bonds. The van der Waals surface area contributed by atoms with E-state index in [1.54, 1.807) is 0 Å². The van der Waals surface area contributed by atoms with Gasteiger partial charge in [0.25, 0.3) is 0 Å². The Morgan fingerprint density at radius 3 is 2.58 bits per heavy atom. The normalized spacial score (nSPS) is 11.1. The number of anilines is 1. The molecule has 2 heterocycles. The van der Waals surface area contributed by atoms with Gasteiger partial charge in [-0.05, 0) is 25.1 Å². The number of nitrogens with zero attached hydrogens (tertiary/aromatic N) is 2. The number of hydrogen-bond donors (Lipinski definition) is 1. The fraction of sp³-hybridized carbons (Fsp3) is 0.250. The molecule has 2 rings (SSSR count). The van der Waals surface area contributed by atoms with E-state index < -0.39 is 41.7 Å². The van der Waals surface area contributed by atoms with Gasteiger partial charge < -0.3 is 10.1 Å². The number of hydrogen-bond acceptors (Lipinski definition) is 5. The summed E-state index contributed by atoms with van der Waals surface area (Å²) in [5.41, 5.74) is -2.14. The van der Waals surface area contributed by atoms with Crippen molar-refractivity contribution in [2.45, 2.75) is 19.5 Å². The summed E-state index contributed by atoms with van der Waals surface area (Å²) in [6.07, 6.45) is -3.56. The third-order valence-corrected chi connectivity index (χ3v) is 3.05. The zero-order valence-corrected chi connectivity index (χ0v) is 13.4. The van der Waals surface area contributed by atoms with Crippen LogP contribution in [0.3, 0.4) is 0 Å². The number of rotatable bonds is 5. The second-order valence-corrected chi connectivity index (χ2v) is 5.01. The van der Waals surface area contributed by atoms with E-state index in [0.717, 1.165) is 24.5 Å². The van der Waals surface area contributed by atoms with E-state index >= 15 is 0 Å². The lowest BCUT2D eigenvalue weighted by molar-refractivity contribution is -0.145. The first kappa shape index (κ1) is 19.3. The lowest BCUT2D eigenvalue weighted by Gasteiger charge is -2.14. The average Bonchev–Trinajstić information content (AvgIpc) is 2.54. The van der Waals surface area contributed by atoms with Crippen LogP contribution in [0.25, 0.3) is 11.3 Å². The number of halogens is 4. The van der Waals surface area contributed by atoms with E-state index in [2.05, 4.69) is 14.7 Å². The molecule has 6 nitrogen and oxygen atoms in total. The minimum atomic E-state index is -4.89. The second kappa shape index (κ2) is 7.89. The molecular weight excluding hydrogens is 358 g/mol. The average molecular weight is 371 g/mol. The van der Waals surface area contributed by atoms with Crippen molar-refractivity contribution in [3.05, 3.63) is 42.1 Å². The Labute approximate surface area is 145 Å². The smallest absolute Gasteiger partial charge is 0.435 e. The van der Waals surface area contributed by atoms with Crippen LogP contribution < -0.4 is 5.32 Å². The number of carbonyl (C=O) groups excluding carboxylic acids is 2.